The second-order valence-corrected chi connectivity index (χ2v) is 1.62. The van der Waals surface area contributed by atoms with Gasteiger partial charge in [0.05, 0.1) is 0 Å². The van der Waals surface area contributed by atoms with Crippen LogP contribution in [-0.2, 0) is 0 Å². The first kappa shape index (κ1) is 7.84. The van der Waals surface area contributed by atoms with Crippen LogP contribution in [0.3, 0.4) is 0 Å². The predicted octanol–water partition coefficient (Wildman–Crippen LogP) is -0.859. The Balaban J connectivity index is 3.06. The summed E-state index contributed by atoms with van der Waals surface area (Å²) in [5, 5.41) is 26.3. The molecule has 1 aliphatic rings. The van der Waals surface area contributed by atoms with Gasteiger partial charge in [-0.1, -0.05) is 10.3 Å². The lowest BCUT2D eigenvalue weighted by atomic mass is 10.7. The van der Waals surface area contributed by atoms with Gasteiger partial charge in [-0.25, -0.2) is 5.53 Å². The molecule has 0 bridgehead atoms. The molecule has 2 N–H and O–H groups in total. The van der Waals surface area contributed by atoms with Crippen LogP contribution in [0, 0.1) is 20.2 Å². The normalized spacial score (nSPS) is 13.5. The molecular formula is C2H2N6O4. The predicted molar refractivity (Wildman–Crippen MR) is 32.1 cm³/mol. The van der Waals surface area contributed by atoms with Gasteiger partial charge in [0.15, 0.2) is 0 Å². The van der Waals surface area contributed by atoms with Gasteiger partial charge >= 0.3 is 11.6 Å². The summed E-state index contributed by atoms with van der Waals surface area (Å²) < 4.78 is 0. The largest absolute Gasteiger partial charge is 0.605 e. The molecule has 0 atom stereocenters. The van der Waals surface area contributed by atoms with Gasteiger partial charge in [-0.3, -0.25) is 25.7 Å². The average Bonchev–Trinajstić information content (AvgIpc) is 2.37. The van der Waals surface area contributed by atoms with Crippen LogP contribution < -0.4 is 11.0 Å². The number of hydrogen-bond acceptors (Lipinski definition) is 8. The summed E-state index contributed by atoms with van der Waals surface area (Å²) in [4.78, 5) is 17.8. The molecule has 0 unspecified atom stereocenters. The number of hydrazine groups is 1. The Kier molecular flexibility index (Phi) is 1.81. The minimum Gasteiger partial charge on any atom is -0.253 e. The lowest BCUT2D eigenvalue weighted by Crippen LogP contribution is -2.24. The highest BCUT2D eigenvalue weighted by Crippen LogP contribution is 2.06. The van der Waals surface area contributed by atoms with E-state index >= 15 is 0 Å². The van der Waals surface area contributed by atoms with Crippen LogP contribution in [0.4, 0.5) is 0 Å². The Morgan fingerprint density at radius 1 is 1.33 bits per heavy atom. The zero-order chi connectivity index (χ0) is 9.14. The van der Waals surface area contributed by atoms with Gasteiger partial charge in [0.25, 0.3) is 0 Å². The zero-order valence-electron chi connectivity index (χ0n) is 5.42. The minimum atomic E-state index is -1.25. The summed E-state index contributed by atoms with van der Waals surface area (Å²) in [6.07, 6.45) is 0. The average molecular weight is 174 g/mol. The molecule has 1 heterocycles. The molecule has 0 spiro atoms. The molecule has 0 aromatic heterocycles. The number of nitrogens with zero attached hydrogens (tertiary/aromatic N) is 4. The fraction of sp³-hybridized carbons (Fsp3) is 0. The Hall–Kier alpha value is -2.26. The lowest BCUT2D eigenvalue weighted by Gasteiger charge is -1.90. The molecule has 0 aliphatic carbocycles. The maximum Gasteiger partial charge on any atom is 0.605 e. The van der Waals surface area contributed by atoms with Gasteiger partial charge in [-0.05, 0) is 0 Å². The highest BCUT2D eigenvalue weighted by atomic mass is 16.7. The van der Waals surface area contributed by atoms with Crippen molar-refractivity contribution >= 4 is 0 Å². The van der Waals surface area contributed by atoms with Crippen molar-refractivity contribution in [3.63, 3.8) is 0 Å². The standard InChI is InChI=1S/C2H2N6O4/c9-7(10)2(8(11)12)1-3-5-6-4-1/h(H,3,6)(H,4,5). The molecule has 64 valence electrons. The summed E-state index contributed by atoms with van der Waals surface area (Å²) in [7, 11) is 0. The van der Waals surface area contributed by atoms with Crippen molar-refractivity contribution in [2.45, 2.75) is 0 Å². The second-order valence-electron chi connectivity index (χ2n) is 1.62. The van der Waals surface area contributed by atoms with Crippen molar-refractivity contribution in [3.8, 4) is 0 Å². The fourth-order valence-corrected chi connectivity index (χ4v) is 0.518. The molecule has 10 nitrogen and oxygen atoms in total. The Morgan fingerprint density at radius 3 is 2.25 bits per heavy atom. The fourth-order valence-electron chi connectivity index (χ4n) is 0.518. The van der Waals surface area contributed by atoms with E-state index in [1.165, 1.54) is 0 Å². The van der Waals surface area contributed by atoms with E-state index in [9.17, 15) is 20.2 Å². The lowest BCUT2D eigenvalue weighted by molar-refractivity contribution is -0.617. The van der Waals surface area contributed by atoms with Gasteiger partial charge < -0.3 is 0 Å². The monoisotopic (exact) mass is 174 g/mol. The molecule has 12 heavy (non-hydrogen) atoms. The topological polar surface area (TPSA) is 135 Å². The molecular weight excluding hydrogens is 172 g/mol. The van der Waals surface area contributed by atoms with Crippen molar-refractivity contribution in [1.29, 1.82) is 0 Å². The third-order valence-corrected chi connectivity index (χ3v) is 0.932. The molecule has 0 saturated heterocycles. The highest BCUT2D eigenvalue weighted by molar-refractivity contribution is 4.96. The van der Waals surface area contributed by atoms with E-state index in [2.05, 4.69) is 10.3 Å². The molecule has 0 fully saturated rings. The number of hydrogen-bond donors (Lipinski definition) is 2. The molecule has 0 aromatic rings. The SMILES string of the molecule is O=[N+]([O-])C(=C1N=NNN1)[N+](=O)[O-]. The van der Waals surface area contributed by atoms with E-state index in [-0.39, 0.29) is 0 Å². The van der Waals surface area contributed by atoms with Crippen LogP contribution in [0.2, 0.25) is 0 Å². The van der Waals surface area contributed by atoms with Crippen molar-refractivity contribution < 1.29 is 9.85 Å². The maximum absolute atomic E-state index is 10.1. The van der Waals surface area contributed by atoms with Gasteiger partial charge in [0.2, 0.25) is 0 Å². The van der Waals surface area contributed by atoms with E-state index in [4.69, 9.17) is 0 Å². The van der Waals surface area contributed by atoms with Crippen LogP contribution in [0.1, 0.15) is 0 Å². The van der Waals surface area contributed by atoms with Crippen molar-refractivity contribution in [1.82, 2.24) is 11.0 Å². The number of rotatable bonds is 2. The first-order valence-corrected chi connectivity index (χ1v) is 2.57. The summed E-state index contributed by atoms with van der Waals surface area (Å²) in [5.41, 5.74) is 4.04. The molecule has 0 radical (unpaired) electrons. The van der Waals surface area contributed by atoms with E-state index in [1.54, 1.807) is 0 Å². The van der Waals surface area contributed by atoms with Crippen molar-refractivity contribution in [2.24, 2.45) is 10.3 Å². The van der Waals surface area contributed by atoms with Crippen LogP contribution in [0.15, 0.2) is 22.0 Å². The van der Waals surface area contributed by atoms with Gasteiger partial charge in [-0.2, -0.15) is 0 Å². The van der Waals surface area contributed by atoms with E-state index in [0.717, 1.165) is 0 Å². The quantitative estimate of drug-likeness (QED) is 0.413. The van der Waals surface area contributed by atoms with E-state index < -0.39 is 21.5 Å². The van der Waals surface area contributed by atoms with E-state index in [0.29, 0.717) is 0 Å². The molecule has 0 amide bonds. The van der Waals surface area contributed by atoms with Crippen LogP contribution in [0.5, 0.6) is 0 Å². The third kappa shape index (κ3) is 1.25. The summed E-state index contributed by atoms with van der Waals surface area (Å²) in [5.74, 6) is -1.77. The van der Waals surface area contributed by atoms with E-state index in [1.807, 2.05) is 11.0 Å². The van der Waals surface area contributed by atoms with Crippen molar-refractivity contribution in [3.05, 3.63) is 31.9 Å². The second kappa shape index (κ2) is 2.77. The Bertz CT molecular complexity index is 276. The maximum atomic E-state index is 10.1. The first-order chi connectivity index (χ1) is 5.63. The number of nitro groups is 2. The molecule has 1 rings (SSSR count). The molecule has 0 aromatic carbocycles. The third-order valence-electron chi connectivity index (χ3n) is 0.932. The first-order valence-electron chi connectivity index (χ1n) is 2.57. The van der Waals surface area contributed by atoms with Crippen LogP contribution in [0.25, 0.3) is 0 Å². The van der Waals surface area contributed by atoms with Gasteiger partial charge in [0, 0.05) is 0 Å². The Labute approximate surface area is 64.2 Å². The summed E-state index contributed by atoms with van der Waals surface area (Å²) in [6, 6.07) is 0. The summed E-state index contributed by atoms with van der Waals surface area (Å²) in [6.45, 7) is 0. The smallest absolute Gasteiger partial charge is 0.253 e. The molecule has 0 saturated carbocycles. The van der Waals surface area contributed by atoms with Crippen molar-refractivity contribution in [2.75, 3.05) is 0 Å². The van der Waals surface area contributed by atoms with Crippen LogP contribution in [-0.4, -0.2) is 9.85 Å². The molecule has 1 aliphatic heterocycles. The minimum absolute atomic E-state index is 0.523. The van der Waals surface area contributed by atoms with Crippen LogP contribution >= 0.6 is 0 Å². The highest BCUT2D eigenvalue weighted by Gasteiger charge is 2.34. The van der Waals surface area contributed by atoms with Gasteiger partial charge in [0.1, 0.15) is 9.85 Å². The number of nitrogens with one attached hydrogen (secondary N) is 2. The van der Waals surface area contributed by atoms with Gasteiger partial charge in [-0.15, -0.1) is 0 Å². The summed E-state index contributed by atoms with van der Waals surface area (Å²) >= 11 is 0. The zero-order valence-corrected chi connectivity index (χ0v) is 5.42. The Morgan fingerprint density at radius 2 is 1.92 bits per heavy atom. The molecule has 10 heteroatoms.